The Labute approximate surface area is 152 Å². The molecule has 0 aliphatic carbocycles. The van der Waals surface area contributed by atoms with E-state index >= 15 is 0 Å². The quantitative estimate of drug-likeness (QED) is 0.724. The molecule has 1 fully saturated rings. The summed E-state index contributed by atoms with van der Waals surface area (Å²) < 4.78 is 0. The molecule has 0 N–H and O–H groups in total. The van der Waals surface area contributed by atoms with Crippen LogP contribution < -0.4 is 4.90 Å². The van der Waals surface area contributed by atoms with Crippen LogP contribution in [0.15, 0.2) is 30.3 Å². The van der Waals surface area contributed by atoms with Gasteiger partial charge in [0, 0.05) is 36.3 Å². The molecule has 1 amide bonds. The fourth-order valence-corrected chi connectivity index (χ4v) is 4.25. The summed E-state index contributed by atoms with van der Waals surface area (Å²) in [7, 11) is 0. The predicted molar refractivity (Wildman–Crippen MR) is 106 cm³/mol. The number of piperidine rings is 1. The highest BCUT2D eigenvalue weighted by atomic mass is 16.2. The van der Waals surface area contributed by atoms with Crippen molar-refractivity contribution in [1.29, 1.82) is 0 Å². The standard InChI is InChI=1S/C22H32N2O/c1-5-19-20-8-6-7-9-21(20)24(22(19)25)18-12-14-23(15-13-18)17(4)11-10-16(2)3/h5-9,16-18H,10-15H2,1-4H3/b19-5-. The first-order chi connectivity index (χ1) is 12.0. The first-order valence-corrected chi connectivity index (χ1v) is 9.86. The average Bonchev–Trinajstić information content (AvgIpc) is 2.91. The summed E-state index contributed by atoms with van der Waals surface area (Å²) in [4.78, 5) is 17.6. The number of para-hydroxylation sites is 1. The summed E-state index contributed by atoms with van der Waals surface area (Å²) in [6, 6.07) is 9.22. The van der Waals surface area contributed by atoms with Gasteiger partial charge in [-0.1, -0.05) is 38.1 Å². The van der Waals surface area contributed by atoms with E-state index in [-0.39, 0.29) is 5.91 Å². The number of rotatable bonds is 5. The molecular formula is C22H32N2O. The van der Waals surface area contributed by atoms with Crippen LogP contribution >= 0.6 is 0 Å². The maximum atomic E-state index is 12.9. The Bertz CT molecular complexity index is 641. The van der Waals surface area contributed by atoms with Crippen molar-refractivity contribution in [1.82, 2.24) is 4.90 Å². The SMILES string of the molecule is C/C=C1\C(=O)N(C2CCN(C(C)CCC(C)C)CC2)c2ccccc21. The Morgan fingerprint density at radius 3 is 2.44 bits per heavy atom. The van der Waals surface area contributed by atoms with Crippen molar-refractivity contribution in [2.24, 2.45) is 5.92 Å². The molecule has 2 aliphatic rings. The molecule has 2 heterocycles. The third-order valence-corrected chi connectivity index (χ3v) is 5.84. The van der Waals surface area contributed by atoms with Gasteiger partial charge in [-0.15, -0.1) is 0 Å². The monoisotopic (exact) mass is 340 g/mol. The van der Waals surface area contributed by atoms with Crippen molar-refractivity contribution >= 4 is 17.2 Å². The number of hydrogen-bond donors (Lipinski definition) is 0. The lowest BCUT2D eigenvalue weighted by Crippen LogP contribution is -2.48. The van der Waals surface area contributed by atoms with Gasteiger partial charge in [0.05, 0.1) is 5.69 Å². The summed E-state index contributed by atoms with van der Waals surface area (Å²) in [6.45, 7) is 11.1. The Morgan fingerprint density at radius 1 is 1.12 bits per heavy atom. The number of nitrogens with zero attached hydrogens (tertiary/aromatic N) is 2. The van der Waals surface area contributed by atoms with Crippen LogP contribution in [0.1, 0.15) is 58.9 Å². The second-order valence-corrected chi connectivity index (χ2v) is 7.98. The highest BCUT2D eigenvalue weighted by Gasteiger charge is 2.37. The van der Waals surface area contributed by atoms with Crippen LogP contribution in [0.3, 0.4) is 0 Å². The molecule has 0 saturated carbocycles. The number of hydrogen-bond acceptors (Lipinski definition) is 2. The Balaban J connectivity index is 1.66. The van der Waals surface area contributed by atoms with Crippen LogP contribution in [0.4, 0.5) is 5.69 Å². The van der Waals surface area contributed by atoms with Crippen LogP contribution in [0.5, 0.6) is 0 Å². The number of amides is 1. The van der Waals surface area contributed by atoms with E-state index in [4.69, 9.17) is 0 Å². The van der Waals surface area contributed by atoms with Gasteiger partial charge in [0.1, 0.15) is 0 Å². The maximum Gasteiger partial charge on any atom is 0.258 e. The lowest BCUT2D eigenvalue weighted by Gasteiger charge is -2.39. The van der Waals surface area contributed by atoms with Crippen LogP contribution in [0.2, 0.25) is 0 Å². The molecule has 0 spiro atoms. The van der Waals surface area contributed by atoms with Gasteiger partial charge in [-0.05, 0) is 51.5 Å². The van der Waals surface area contributed by atoms with Gasteiger partial charge in [-0.2, -0.15) is 0 Å². The van der Waals surface area contributed by atoms with Crippen molar-refractivity contribution in [2.75, 3.05) is 18.0 Å². The maximum absolute atomic E-state index is 12.9. The zero-order valence-electron chi connectivity index (χ0n) is 16.2. The van der Waals surface area contributed by atoms with Crippen molar-refractivity contribution in [3.05, 3.63) is 35.9 Å². The highest BCUT2D eigenvalue weighted by Crippen LogP contribution is 2.39. The van der Waals surface area contributed by atoms with Crippen molar-refractivity contribution < 1.29 is 4.79 Å². The molecule has 136 valence electrons. The smallest absolute Gasteiger partial charge is 0.258 e. The Hall–Kier alpha value is -1.61. The lowest BCUT2D eigenvalue weighted by atomic mass is 9.98. The summed E-state index contributed by atoms with van der Waals surface area (Å²) in [5.74, 6) is 0.966. The van der Waals surface area contributed by atoms with Crippen molar-refractivity contribution in [3.8, 4) is 0 Å². The summed E-state index contributed by atoms with van der Waals surface area (Å²) in [5, 5.41) is 0. The van der Waals surface area contributed by atoms with E-state index in [0.29, 0.717) is 12.1 Å². The Kier molecular flexibility index (Phi) is 5.63. The van der Waals surface area contributed by atoms with Crippen LogP contribution in [0, 0.1) is 5.92 Å². The number of allylic oxidation sites excluding steroid dienone is 1. The van der Waals surface area contributed by atoms with E-state index in [1.165, 1.54) is 12.8 Å². The molecule has 3 nitrogen and oxygen atoms in total. The number of carbonyl (C=O) groups is 1. The van der Waals surface area contributed by atoms with Gasteiger partial charge >= 0.3 is 0 Å². The fourth-order valence-electron chi connectivity index (χ4n) is 4.25. The van der Waals surface area contributed by atoms with Gasteiger partial charge in [0.2, 0.25) is 0 Å². The summed E-state index contributed by atoms with van der Waals surface area (Å²) in [6.07, 6.45) is 6.68. The molecule has 2 aliphatic heterocycles. The molecule has 1 aromatic carbocycles. The van der Waals surface area contributed by atoms with Crippen molar-refractivity contribution in [2.45, 2.75) is 65.5 Å². The summed E-state index contributed by atoms with van der Waals surface area (Å²) >= 11 is 0. The first-order valence-electron chi connectivity index (χ1n) is 9.86. The van der Waals surface area contributed by atoms with Crippen LogP contribution in [0.25, 0.3) is 5.57 Å². The number of carbonyl (C=O) groups excluding carboxylic acids is 1. The third-order valence-electron chi connectivity index (χ3n) is 5.84. The molecule has 25 heavy (non-hydrogen) atoms. The van der Waals surface area contributed by atoms with E-state index in [1.807, 2.05) is 25.1 Å². The first kappa shape index (κ1) is 18.2. The number of benzene rings is 1. The molecular weight excluding hydrogens is 308 g/mol. The van der Waals surface area contributed by atoms with Gasteiger partial charge in [0.25, 0.3) is 5.91 Å². The minimum absolute atomic E-state index is 0.190. The minimum Gasteiger partial charge on any atom is -0.305 e. The molecule has 3 heteroatoms. The van der Waals surface area contributed by atoms with Gasteiger partial charge in [-0.25, -0.2) is 0 Å². The molecule has 1 aromatic rings. The topological polar surface area (TPSA) is 23.6 Å². The van der Waals surface area contributed by atoms with Crippen LogP contribution in [-0.4, -0.2) is 36.0 Å². The molecule has 0 aromatic heterocycles. The number of anilines is 1. The molecule has 0 bridgehead atoms. The number of likely N-dealkylation sites (tertiary alicyclic amines) is 1. The largest absolute Gasteiger partial charge is 0.305 e. The van der Waals surface area contributed by atoms with Gasteiger partial charge < -0.3 is 9.80 Å². The summed E-state index contributed by atoms with van der Waals surface area (Å²) in [5.41, 5.74) is 3.07. The van der Waals surface area contributed by atoms with E-state index in [9.17, 15) is 4.79 Å². The third kappa shape index (κ3) is 3.67. The van der Waals surface area contributed by atoms with E-state index in [2.05, 4.69) is 42.7 Å². The zero-order valence-corrected chi connectivity index (χ0v) is 16.2. The fraction of sp³-hybridized carbons (Fsp3) is 0.591. The van der Waals surface area contributed by atoms with E-state index in [1.54, 1.807) is 0 Å². The van der Waals surface area contributed by atoms with E-state index < -0.39 is 0 Å². The second-order valence-electron chi connectivity index (χ2n) is 7.98. The van der Waals surface area contributed by atoms with Gasteiger partial charge in [0.15, 0.2) is 0 Å². The normalized spacial score (nSPS) is 22.0. The van der Waals surface area contributed by atoms with Crippen LogP contribution in [-0.2, 0) is 4.79 Å². The lowest BCUT2D eigenvalue weighted by molar-refractivity contribution is -0.113. The molecule has 1 unspecified atom stereocenters. The predicted octanol–water partition coefficient (Wildman–Crippen LogP) is 4.73. The average molecular weight is 341 g/mol. The second kappa shape index (κ2) is 7.74. The number of fused-ring (bicyclic) bond motifs is 1. The molecule has 1 atom stereocenters. The van der Waals surface area contributed by atoms with Gasteiger partial charge in [-0.3, -0.25) is 4.79 Å². The Morgan fingerprint density at radius 2 is 1.80 bits per heavy atom. The molecule has 0 radical (unpaired) electrons. The highest BCUT2D eigenvalue weighted by molar-refractivity contribution is 6.32. The van der Waals surface area contributed by atoms with Crippen molar-refractivity contribution in [3.63, 3.8) is 0 Å². The minimum atomic E-state index is 0.190. The molecule has 1 saturated heterocycles. The molecule has 3 rings (SSSR count). The van der Waals surface area contributed by atoms with E-state index in [0.717, 1.165) is 48.7 Å². The zero-order chi connectivity index (χ0) is 18.0.